The van der Waals surface area contributed by atoms with Crippen LogP contribution >= 0.6 is 0 Å². The van der Waals surface area contributed by atoms with E-state index in [-0.39, 0.29) is 17.9 Å². The molecule has 5 nitrogen and oxygen atoms in total. The first-order chi connectivity index (χ1) is 14.9. The van der Waals surface area contributed by atoms with Crippen LogP contribution in [0.2, 0.25) is 0 Å². The Bertz CT molecular complexity index is 1170. The number of hydrogen-bond donors (Lipinski definition) is 2. The second-order valence-corrected chi connectivity index (χ2v) is 8.05. The maximum atomic E-state index is 13.0. The third-order valence-electron chi connectivity index (χ3n) is 5.59. The Kier molecular flexibility index (Phi) is 5.67. The second-order valence-electron chi connectivity index (χ2n) is 8.05. The average molecular weight is 413 g/mol. The van der Waals surface area contributed by atoms with Crippen LogP contribution < -0.4 is 10.7 Å². The van der Waals surface area contributed by atoms with E-state index in [0.29, 0.717) is 5.56 Å². The Balaban J connectivity index is 1.72. The number of amides is 2. The van der Waals surface area contributed by atoms with Gasteiger partial charge in [0, 0.05) is 16.7 Å². The van der Waals surface area contributed by atoms with E-state index >= 15 is 0 Å². The van der Waals surface area contributed by atoms with E-state index in [1.807, 2.05) is 93.7 Å². The quantitative estimate of drug-likeness (QED) is 0.643. The lowest BCUT2D eigenvalue weighted by Gasteiger charge is -2.15. The van der Waals surface area contributed by atoms with Crippen molar-refractivity contribution in [1.29, 1.82) is 0 Å². The summed E-state index contributed by atoms with van der Waals surface area (Å²) < 4.78 is 1.80. The van der Waals surface area contributed by atoms with Crippen molar-refractivity contribution in [2.45, 2.75) is 32.9 Å². The molecule has 0 radical (unpaired) electrons. The van der Waals surface area contributed by atoms with E-state index in [9.17, 15) is 9.59 Å². The molecule has 3 aromatic carbocycles. The molecule has 0 aliphatic carbocycles. The Morgan fingerprint density at radius 3 is 2.39 bits per heavy atom. The number of benzene rings is 3. The van der Waals surface area contributed by atoms with Crippen LogP contribution in [0.3, 0.4) is 0 Å². The van der Waals surface area contributed by atoms with Crippen molar-refractivity contribution < 1.29 is 14.3 Å². The van der Waals surface area contributed by atoms with E-state index in [0.717, 1.165) is 27.8 Å². The van der Waals surface area contributed by atoms with Crippen LogP contribution in [0.25, 0.3) is 0 Å². The molecule has 1 aliphatic heterocycles. The van der Waals surface area contributed by atoms with Gasteiger partial charge in [0.25, 0.3) is 5.91 Å². The fourth-order valence-corrected chi connectivity index (χ4v) is 3.84. The number of carbonyl (C=O) groups excluding carboxylic acids is 2. The molecule has 0 bridgehead atoms. The summed E-state index contributed by atoms with van der Waals surface area (Å²) in [5.41, 5.74) is 8.66. The minimum absolute atomic E-state index is 0.239. The highest BCUT2D eigenvalue weighted by molar-refractivity contribution is 5.98. The van der Waals surface area contributed by atoms with Crippen molar-refractivity contribution in [3.8, 4) is 0 Å². The molecular formula is C26H26N3O2+. The number of aryl methyl sites for hydroxylation is 3. The first kappa shape index (κ1) is 20.5. The summed E-state index contributed by atoms with van der Waals surface area (Å²) >= 11 is 0. The summed E-state index contributed by atoms with van der Waals surface area (Å²) in [6, 6.07) is 22.3. The molecule has 0 unspecified atom stereocenters. The zero-order chi connectivity index (χ0) is 22.0. The molecule has 31 heavy (non-hydrogen) atoms. The molecule has 4 rings (SSSR count). The van der Waals surface area contributed by atoms with E-state index < -0.39 is 6.04 Å². The van der Waals surface area contributed by atoms with Gasteiger partial charge >= 0.3 is 5.91 Å². The summed E-state index contributed by atoms with van der Waals surface area (Å²) in [7, 11) is 0. The van der Waals surface area contributed by atoms with Gasteiger partial charge < -0.3 is 5.32 Å². The maximum absolute atomic E-state index is 13.0. The van der Waals surface area contributed by atoms with Crippen molar-refractivity contribution in [2.24, 2.45) is 0 Å². The lowest BCUT2D eigenvalue weighted by molar-refractivity contribution is -0.596. The first-order valence-electron chi connectivity index (χ1n) is 10.4. The third-order valence-corrected chi connectivity index (χ3v) is 5.59. The van der Waals surface area contributed by atoms with Crippen LogP contribution in [0.5, 0.6) is 0 Å². The van der Waals surface area contributed by atoms with Crippen molar-refractivity contribution >= 4 is 18.0 Å². The number of hydrogen-bond acceptors (Lipinski definition) is 2. The molecule has 2 N–H and O–H groups in total. The van der Waals surface area contributed by atoms with Gasteiger partial charge in [0.05, 0.1) is 0 Å². The molecule has 0 saturated carbocycles. The standard InChI is InChI=1S/C26H25N3O2/c1-17-11-13-20(14-12-17)24-23(27-25(30)21-10-6-7-18(2)15-21)26(31)28-29(24)16-22-9-5-4-8-19(22)3/h4-16,23-24H,1-3H3,(H-,27,28,30,31)/p+1/b29-16-/t23-,24+/m0/s1. The van der Waals surface area contributed by atoms with Crippen LogP contribution in [-0.2, 0) is 4.79 Å². The molecule has 2 atom stereocenters. The lowest BCUT2D eigenvalue weighted by Crippen LogP contribution is -2.42. The normalized spacial score (nSPS) is 19.3. The van der Waals surface area contributed by atoms with Crippen molar-refractivity contribution in [3.05, 3.63) is 106 Å². The van der Waals surface area contributed by atoms with Gasteiger partial charge in [0.2, 0.25) is 12.3 Å². The lowest BCUT2D eigenvalue weighted by atomic mass is 9.98. The molecule has 1 aliphatic rings. The number of rotatable bonds is 4. The zero-order valence-electron chi connectivity index (χ0n) is 17.9. The van der Waals surface area contributed by atoms with Crippen molar-refractivity contribution in [2.75, 3.05) is 0 Å². The topological polar surface area (TPSA) is 61.2 Å². The summed E-state index contributed by atoms with van der Waals surface area (Å²) in [6.45, 7) is 5.99. The van der Waals surface area contributed by atoms with E-state index in [1.54, 1.807) is 10.8 Å². The minimum atomic E-state index is -0.726. The number of hydrazone groups is 1. The molecule has 156 valence electrons. The van der Waals surface area contributed by atoms with Gasteiger partial charge in [-0.05, 0) is 44.5 Å². The van der Waals surface area contributed by atoms with Crippen molar-refractivity contribution in [1.82, 2.24) is 10.7 Å². The highest BCUT2D eigenvalue weighted by Crippen LogP contribution is 2.26. The highest BCUT2D eigenvalue weighted by atomic mass is 16.2. The van der Waals surface area contributed by atoms with Gasteiger partial charge in [0.1, 0.15) is 0 Å². The number of hydrazine groups is 1. The monoisotopic (exact) mass is 412 g/mol. The Hall–Kier alpha value is -3.73. The molecule has 5 heteroatoms. The third kappa shape index (κ3) is 4.40. The molecule has 1 heterocycles. The summed E-state index contributed by atoms with van der Waals surface area (Å²) in [5, 5.41) is 2.95. The summed E-state index contributed by atoms with van der Waals surface area (Å²) in [4.78, 5) is 25.9. The molecule has 2 amide bonds. The summed E-state index contributed by atoms with van der Waals surface area (Å²) in [6.07, 6.45) is 1.93. The zero-order valence-corrected chi connectivity index (χ0v) is 17.9. The summed E-state index contributed by atoms with van der Waals surface area (Å²) in [5.74, 6) is -0.505. The number of nitrogens with zero attached hydrogens (tertiary/aromatic N) is 1. The fourth-order valence-electron chi connectivity index (χ4n) is 3.84. The van der Waals surface area contributed by atoms with Gasteiger partial charge in [-0.15, -0.1) is 10.1 Å². The number of nitrogens with one attached hydrogen (secondary N) is 2. The van der Waals surface area contributed by atoms with Gasteiger partial charge in [-0.25, -0.2) is 0 Å². The molecule has 3 aromatic rings. The highest BCUT2D eigenvalue weighted by Gasteiger charge is 2.47. The van der Waals surface area contributed by atoms with Crippen LogP contribution in [0, 0.1) is 20.8 Å². The van der Waals surface area contributed by atoms with Crippen LogP contribution in [-0.4, -0.2) is 28.8 Å². The Morgan fingerprint density at radius 1 is 0.935 bits per heavy atom. The molecule has 1 fully saturated rings. The van der Waals surface area contributed by atoms with E-state index in [1.165, 1.54) is 0 Å². The van der Waals surface area contributed by atoms with Crippen LogP contribution in [0.15, 0.2) is 72.8 Å². The fraction of sp³-hybridized carbons (Fsp3) is 0.192. The Labute approximate surface area is 182 Å². The molecule has 1 saturated heterocycles. The molecule has 0 aromatic heterocycles. The Morgan fingerprint density at radius 2 is 1.68 bits per heavy atom. The van der Waals surface area contributed by atoms with Gasteiger partial charge in [-0.3, -0.25) is 9.59 Å². The van der Waals surface area contributed by atoms with Gasteiger partial charge in [-0.2, -0.15) is 0 Å². The maximum Gasteiger partial charge on any atom is 0.304 e. The van der Waals surface area contributed by atoms with E-state index in [2.05, 4.69) is 10.7 Å². The predicted molar refractivity (Wildman–Crippen MR) is 121 cm³/mol. The predicted octanol–water partition coefficient (Wildman–Crippen LogP) is 3.63. The van der Waals surface area contributed by atoms with E-state index in [4.69, 9.17) is 0 Å². The van der Waals surface area contributed by atoms with Crippen LogP contribution in [0.4, 0.5) is 0 Å². The smallest absolute Gasteiger partial charge is 0.304 e. The largest absolute Gasteiger partial charge is 0.334 e. The second kappa shape index (κ2) is 8.56. The molecule has 0 spiro atoms. The minimum Gasteiger partial charge on any atom is -0.334 e. The van der Waals surface area contributed by atoms with Gasteiger partial charge in [-0.1, -0.05) is 65.7 Å². The SMILES string of the molecule is Cc1ccc([C@@H]2[C@H](NC(=O)c3cccc(C)c3)C(=O)N/[N+]2=C\c2ccccc2C)cc1. The number of carbonyl (C=O) groups is 2. The van der Waals surface area contributed by atoms with Crippen LogP contribution in [0.1, 0.15) is 44.2 Å². The first-order valence-corrected chi connectivity index (χ1v) is 10.4. The average Bonchev–Trinajstić information content (AvgIpc) is 3.05. The molecular weight excluding hydrogens is 386 g/mol. The van der Waals surface area contributed by atoms with Gasteiger partial charge in [0.15, 0.2) is 6.04 Å². The van der Waals surface area contributed by atoms with Crippen molar-refractivity contribution in [3.63, 3.8) is 0 Å².